The van der Waals surface area contributed by atoms with Gasteiger partial charge in [-0.25, -0.2) is 28.7 Å². The molecule has 2 unspecified atom stereocenters. The van der Waals surface area contributed by atoms with Crippen molar-refractivity contribution in [3.8, 4) is 0 Å². The number of halogens is 6. The predicted molar refractivity (Wildman–Crippen MR) is 122 cm³/mol. The van der Waals surface area contributed by atoms with Crippen LogP contribution >= 0.6 is 11.6 Å². The molecule has 0 bridgehead atoms. The molecule has 0 saturated carbocycles. The molecule has 15 heteroatoms. The van der Waals surface area contributed by atoms with E-state index in [1.807, 2.05) is 0 Å². The second-order valence-corrected chi connectivity index (χ2v) is 8.59. The summed E-state index contributed by atoms with van der Waals surface area (Å²) in [5.41, 5.74) is 4.66. The Hall–Kier alpha value is -3.42. The van der Waals surface area contributed by atoms with Crippen molar-refractivity contribution in [1.29, 1.82) is 0 Å². The van der Waals surface area contributed by atoms with Crippen LogP contribution in [0.25, 0.3) is 5.57 Å². The van der Waals surface area contributed by atoms with Gasteiger partial charge in [0.15, 0.2) is 5.82 Å². The summed E-state index contributed by atoms with van der Waals surface area (Å²) in [6.45, 7) is 0.495. The van der Waals surface area contributed by atoms with Crippen LogP contribution in [-0.2, 0) is 11.0 Å². The van der Waals surface area contributed by atoms with Crippen molar-refractivity contribution in [1.82, 2.24) is 24.8 Å². The van der Waals surface area contributed by atoms with E-state index >= 15 is 0 Å². The molecule has 36 heavy (non-hydrogen) atoms. The van der Waals surface area contributed by atoms with E-state index < -0.39 is 54.2 Å². The summed E-state index contributed by atoms with van der Waals surface area (Å²) in [6.07, 6.45) is -0.143. The molecule has 0 aliphatic carbocycles. The molecule has 3 heterocycles. The minimum absolute atomic E-state index is 0.0125. The molecule has 0 spiro atoms. The number of aliphatic imine (C=N–C) groups is 1. The summed E-state index contributed by atoms with van der Waals surface area (Å²) in [5.74, 6) is -4.94. The van der Waals surface area contributed by atoms with Gasteiger partial charge in [0.2, 0.25) is 5.95 Å². The largest absolute Gasteiger partial charge is 0.419 e. The average molecular weight is 533 g/mol. The zero-order valence-electron chi connectivity index (χ0n) is 19.1. The molecule has 1 aliphatic heterocycles. The number of hydrogen-bond donors (Lipinski definition) is 2. The van der Waals surface area contributed by atoms with Crippen LogP contribution in [0.1, 0.15) is 24.7 Å². The van der Waals surface area contributed by atoms with Gasteiger partial charge in [-0.15, -0.1) is 0 Å². The number of nitrogens with one attached hydrogen (secondary N) is 1. The fourth-order valence-corrected chi connectivity index (χ4v) is 3.84. The molecule has 194 valence electrons. The van der Waals surface area contributed by atoms with Crippen LogP contribution in [0.5, 0.6) is 0 Å². The van der Waals surface area contributed by atoms with E-state index in [0.29, 0.717) is 12.4 Å². The lowest BCUT2D eigenvalue weighted by molar-refractivity contribution is -0.148. The van der Waals surface area contributed by atoms with Crippen molar-refractivity contribution in [2.75, 3.05) is 25.5 Å². The van der Waals surface area contributed by atoms with Crippen LogP contribution < -0.4 is 11.1 Å². The average Bonchev–Trinajstić information content (AvgIpc) is 2.80. The number of piperidine rings is 1. The Morgan fingerprint density at radius 1 is 1.25 bits per heavy atom. The quantitative estimate of drug-likeness (QED) is 0.332. The van der Waals surface area contributed by atoms with Gasteiger partial charge in [-0.3, -0.25) is 9.79 Å². The van der Waals surface area contributed by atoms with E-state index in [1.54, 1.807) is 0 Å². The predicted octanol–water partition coefficient (Wildman–Crippen LogP) is 3.29. The lowest BCUT2D eigenvalue weighted by Gasteiger charge is -2.43. The number of nitrogens with two attached hydrogens (primary N) is 1. The Labute approximate surface area is 207 Å². The van der Waals surface area contributed by atoms with Crippen molar-refractivity contribution in [3.05, 3.63) is 46.9 Å². The summed E-state index contributed by atoms with van der Waals surface area (Å²) in [4.78, 5) is 33.4. The molecule has 2 aromatic rings. The maximum Gasteiger partial charge on any atom is 0.419 e. The van der Waals surface area contributed by atoms with Crippen LogP contribution in [0.3, 0.4) is 0 Å². The fourth-order valence-electron chi connectivity index (χ4n) is 3.74. The molecule has 1 fully saturated rings. The van der Waals surface area contributed by atoms with E-state index in [1.165, 1.54) is 32.6 Å². The highest BCUT2D eigenvalue weighted by Gasteiger charge is 2.46. The molecule has 2 atom stereocenters. The van der Waals surface area contributed by atoms with Gasteiger partial charge in [0.05, 0.1) is 28.7 Å². The van der Waals surface area contributed by atoms with Crippen LogP contribution in [0.4, 0.5) is 27.9 Å². The van der Waals surface area contributed by atoms with Gasteiger partial charge in [0.25, 0.3) is 11.8 Å². The van der Waals surface area contributed by atoms with Crippen LogP contribution in [-0.4, -0.2) is 69.1 Å². The van der Waals surface area contributed by atoms with Crippen molar-refractivity contribution in [3.63, 3.8) is 0 Å². The van der Waals surface area contributed by atoms with Crippen LogP contribution in [0.15, 0.2) is 35.5 Å². The van der Waals surface area contributed by atoms with Gasteiger partial charge < -0.3 is 16.0 Å². The SMILES string of the molecule is CN=CC(=C(N)C(=O)N1CC(F)(F)CC(C)C1CNc1ncc(C(F)(F)F)cn1)c1ncc(Cl)cn1. The van der Waals surface area contributed by atoms with Gasteiger partial charge in [-0.1, -0.05) is 18.5 Å². The standard InChI is InChI=1S/C21H22ClF5N8O/c1-11-3-20(23,24)10-35(15(11)9-34-19-32-4-12(5-33-19)21(25,26)27)18(36)16(28)14(8-29-2)17-30-6-13(22)7-31-17/h4-8,11,15H,3,9-10,28H2,1-2H3,(H,32,33,34). The number of alkyl halides is 5. The molecule has 1 saturated heterocycles. The second kappa shape index (κ2) is 10.7. The smallest absolute Gasteiger partial charge is 0.394 e. The zero-order valence-corrected chi connectivity index (χ0v) is 19.9. The van der Waals surface area contributed by atoms with Crippen molar-refractivity contribution < 1.29 is 26.7 Å². The molecule has 9 nitrogen and oxygen atoms in total. The third kappa shape index (κ3) is 6.42. The first-order chi connectivity index (χ1) is 16.8. The van der Waals surface area contributed by atoms with Gasteiger partial charge in [-0.2, -0.15) is 13.2 Å². The van der Waals surface area contributed by atoms with Gasteiger partial charge in [0, 0.05) is 51.0 Å². The number of carbonyl (C=O) groups is 1. The molecule has 1 aliphatic rings. The molecule has 3 N–H and O–H groups in total. The van der Waals surface area contributed by atoms with Gasteiger partial charge >= 0.3 is 6.18 Å². The number of carbonyl (C=O) groups excluding carboxylic acids is 1. The number of hydrogen-bond acceptors (Lipinski definition) is 8. The monoisotopic (exact) mass is 532 g/mol. The lowest BCUT2D eigenvalue weighted by Crippen LogP contribution is -2.58. The minimum atomic E-state index is -4.61. The Bertz CT molecular complexity index is 1140. The number of rotatable bonds is 6. The highest BCUT2D eigenvalue weighted by molar-refractivity contribution is 6.30. The Morgan fingerprint density at radius 3 is 2.42 bits per heavy atom. The topological polar surface area (TPSA) is 122 Å². The molecule has 0 aromatic carbocycles. The number of likely N-dealkylation sites (tertiary alicyclic amines) is 1. The molecule has 0 radical (unpaired) electrons. The van der Waals surface area contributed by atoms with Crippen LogP contribution in [0.2, 0.25) is 5.02 Å². The molecular formula is C21H22ClF5N8O. The summed E-state index contributed by atoms with van der Waals surface area (Å²) in [7, 11) is 1.42. The van der Waals surface area contributed by atoms with E-state index in [2.05, 4.69) is 30.2 Å². The Kier molecular flexibility index (Phi) is 8.06. The normalized spacial score (nSPS) is 20.8. The molecule has 2 aromatic heterocycles. The Morgan fingerprint density at radius 2 is 1.86 bits per heavy atom. The zero-order chi connectivity index (χ0) is 26.7. The first-order valence-corrected chi connectivity index (χ1v) is 10.9. The highest BCUT2D eigenvalue weighted by atomic mass is 35.5. The first-order valence-electron chi connectivity index (χ1n) is 10.5. The molecule has 1 amide bonds. The van der Waals surface area contributed by atoms with E-state index in [9.17, 15) is 26.7 Å². The van der Waals surface area contributed by atoms with Gasteiger partial charge in [-0.05, 0) is 5.92 Å². The molecule has 3 rings (SSSR count). The van der Waals surface area contributed by atoms with Crippen molar-refractivity contribution >= 4 is 35.2 Å². The van der Waals surface area contributed by atoms with Crippen LogP contribution in [0, 0.1) is 5.92 Å². The third-order valence-corrected chi connectivity index (χ3v) is 5.62. The van der Waals surface area contributed by atoms with Gasteiger partial charge in [0.1, 0.15) is 5.70 Å². The summed E-state index contributed by atoms with van der Waals surface area (Å²) in [5, 5.41) is 2.95. The van der Waals surface area contributed by atoms with E-state index in [-0.39, 0.29) is 28.9 Å². The number of amides is 1. The van der Waals surface area contributed by atoms with E-state index in [4.69, 9.17) is 17.3 Å². The number of allylic oxidation sites excluding steroid dienone is 1. The van der Waals surface area contributed by atoms with Crippen molar-refractivity contribution in [2.24, 2.45) is 16.6 Å². The maximum atomic E-state index is 14.5. The summed E-state index contributed by atoms with van der Waals surface area (Å²) < 4.78 is 67.2. The number of anilines is 1. The summed E-state index contributed by atoms with van der Waals surface area (Å²) in [6, 6.07) is -0.812. The van der Waals surface area contributed by atoms with Crippen molar-refractivity contribution in [2.45, 2.75) is 31.5 Å². The Balaban J connectivity index is 1.89. The first kappa shape index (κ1) is 27.2. The summed E-state index contributed by atoms with van der Waals surface area (Å²) >= 11 is 5.80. The maximum absolute atomic E-state index is 14.5. The number of nitrogens with zero attached hydrogens (tertiary/aromatic N) is 6. The van der Waals surface area contributed by atoms with E-state index in [0.717, 1.165) is 4.90 Å². The second-order valence-electron chi connectivity index (χ2n) is 8.15. The highest BCUT2D eigenvalue weighted by Crippen LogP contribution is 2.35. The minimum Gasteiger partial charge on any atom is -0.394 e. The molecular weight excluding hydrogens is 511 g/mol. The lowest BCUT2D eigenvalue weighted by atomic mass is 9.88. The number of aromatic nitrogens is 4. The third-order valence-electron chi connectivity index (χ3n) is 5.43. The fraction of sp³-hybridized carbons (Fsp3) is 0.429.